The molecule has 0 radical (unpaired) electrons. The third kappa shape index (κ3) is 3.92. The molecule has 8 heteroatoms. The first-order chi connectivity index (χ1) is 13.3. The van der Waals surface area contributed by atoms with Crippen LogP contribution in [0.3, 0.4) is 0 Å². The van der Waals surface area contributed by atoms with Crippen LogP contribution in [0.4, 0.5) is 10.1 Å². The van der Waals surface area contributed by atoms with Gasteiger partial charge in [0.15, 0.2) is 9.84 Å². The van der Waals surface area contributed by atoms with Crippen LogP contribution in [0.25, 0.3) is 0 Å². The molecule has 28 heavy (non-hydrogen) atoms. The van der Waals surface area contributed by atoms with E-state index in [1.165, 1.54) is 12.1 Å². The molecule has 5 nitrogen and oxygen atoms in total. The lowest BCUT2D eigenvalue weighted by atomic mass is 10.0. The smallest absolute Gasteiger partial charge is 0.241 e. The Kier molecular flexibility index (Phi) is 5.16. The monoisotopic (exact) mass is 422 g/mol. The third-order valence-electron chi connectivity index (χ3n) is 5.39. The van der Waals surface area contributed by atoms with Crippen LogP contribution in [-0.2, 0) is 21.1 Å². The summed E-state index contributed by atoms with van der Waals surface area (Å²) < 4.78 is 37.8. The normalized spacial score (nSPS) is 24.4. The summed E-state index contributed by atoms with van der Waals surface area (Å²) in [5.74, 6) is -0.454. The molecule has 1 amide bonds. The molecular weight excluding hydrogens is 403 g/mol. The van der Waals surface area contributed by atoms with Crippen molar-refractivity contribution in [3.63, 3.8) is 0 Å². The Morgan fingerprint density at radius 1 is 1.07 bits per heavy atom. The predicted molar refractivity (Wildman–Crippen MR) is 107 cm³/mol. The maximum Gasteiger partial charge on any atom is 0.241 e. The molecule has 0 saturated carbocycles. The largest absolute Gasteiger partial charge is 0.306 e. The van der Waals surface area contributed by atoms with E-state index in [-0.39, 0.29) is 35.8 Å². The standard InChI is InChI=1S/C20H20ClFN2O3S/c21-15-2-1-3-17(10-15)24-19-13-28(26,27)12-18(19)23(11-20(24)25)9-8-14-4-6-16(22)7-5-14/h1-7,10,18-19H,8-9,11-13H2/t18-,19-/m1/s1. The zero-order valence-electron chi connectivity index (χ0n) is 15.1. The molecule has 2 saturated heterocycles. The highest BCUT2D eigenvalue weighted by Gasteiger charge is 2.49. The first-order valence-corrected chi connectivity index (χ1v) is 11.3. The number of carbonyl (C=O) groups excluding carboxylic acids is 1. The molecular formula is C20H20ClFN2O3S. The molecule has 0 aromatic heterocycles. The lowest BCUT2D eigenvalue weighted by Gasteiger charge is -2.43. The number of anilines is 1. The molecule has 148 valence electrons. The van der Waals surface area contributed by atoms with Crippen LogP contribution < -0.4 is 4.90 Å². The first-order valence-electron chi connectivity index (χ1n) is 9.09. The van der Waals surface area contributed by atoms with Gasteiger partial charge in [0.2, 0.25) is 5.91 Å². The van der Waals surface area contributed by atoms with Crippen molar-refractivity contribution in [3.05, 3.63) is 64.9 Å². The summed E-state index contributed by atoms with van der Waals surface area (Å²) in [5.41, 5.74) is 1.58. The average molecular weight is 423 g/mol. The molecule has 2 aliphatic rings. The fourth-order valence-corrected chi connectivity index (χ4v) is 6.25. The molecule has 0 spiro atoms. The molecule has 2 fully saturated rings. The van der Waals surface area contributed by atoms with Crippen molar-refractivity contribution in [2.24, 2.45) is 0 Å². The number of amides is 1. The molecule has 0 unspecified atom stereocenters. The molecule has 0 aliphatic carbocycles. The molecule has 2 atom stereocenters. The summed E-state index contributed by atoms with van der Waals surface area (Å²) >= 11 is 6.07. The Hall–Kier alpha value is -1.96. The van der Waals surface area contributed by atoms with Crippen LogP contribution in [0.15, 0.2) is 48.5 Å². The van der Waals surface area contributed by atoms with E-state index in [0.29, 0.717) is 23.7 Å². The Labute approximate surface area is 168 Å². The van der Waals surface area contributed by atoms with Gasteiger partial charge in [-0.15, -0.1) is 0 Å². The fraction of sp³-hybridized carbons (Fsp3) is 0.350. The maximum atomic E-state index is 13.1. The van der Waals surface area contributed by atoms with Crippen molar-refractivity contribution in [2.75, 3.05) is 29.5 Å². The summed E-state index contributed by atoms with van der Waals surface area (Å²) in [5, 5.41) is 0.501. The number of halogens is 2. The Balaban J connectivity index is 1.58. The van der Waals surface area contributed by atoms with Gasteiger partial charge in [0, 0.05) is 23.3 Å². The predicted octanol–water partition coefficient (Wildman–Crippen LogP) is 2.54. The average Bonchev–Trinajstić information content (AvgIpc) is 2.96. The van der Waals surface area contributed by atoms with Gasteiger partial charge in [-0.2, -0.15) is 0 Å². The zero-order valence-corrected chi connectivity index (χ0v) is 16.7. The van der Waals surface area contributed by atoms with E-state index in [4.69, 9.17) is 11.6 Å². The van der Waals surface area contributed by atoms with Gasteiger partial charge in [0.05, 0.1) is 24.1 Å². The van der Waals surface area contributed by atoms with Crippen LogP contribution >= 0.6 is 11.6 Å². The number of benzene rings is 2. The van der Waals surface area contributed by atoms with Gasteiger partial charge in [0.1, 0.15) is 5.82 Å². The van der Waals surface area contributed by atoms with Crippen LogP contribution in [0.5, 0.6) is 0 Å². The highest BCUT2D eigenvalue weighted by molar-refractivity contribution is 7.91. The van der Waals surface area contributed by atoms with E-state index < -0.39 is 15.9 Å². The number of carbonyl (C=O) groups is 1. The number of nitrogens with zero attached hydrogens (tertiary/aromatic N) is 2. The van der Waals surface area contributed by atoms with Crippen LogP contribution in [0.2, 0.25) is 5.02 Å². The van der Waals surface area contributed by atoms with Gasteiger partial charge in [-0.05, 0) is 42.3 Å². The second kappa shape index (κ2) is 7.46. The van der Waals surface area contributed by atoms with E-state index in [1.54, 1.807) is 41.3 Å². The number of fused-ring (bicyclic) bond motifs is 1. The minimum absolute atomic E-state index is 0.0332. The summed E-state index contributed by atoms with van der Waals surface area (Å²) in [6.45, 7) is 0.682. The number of sulfone groups is 1. The van der Waals surface area contributed by atoms with E-state index in [2.05, 4.69) is 0 Å². The minimum Gasteiger partial charge on any atom is -0.306 e. The van der Waals surface area contributed by atoms with E-state index >= 15 is 0 Å². The fourth-order valence-electron chi connectivity index (χ4n) is 4.09. The van der Waals surface area contributed by atoms with Crippen molar-refractivity contribution < 1.29 is 17.6 Å². The first kappa shape index (κ1) is 19.4. The van der Waals surface area contributed by atoms with Crippen LogP contribution in [0.1, 0.15) is 5.56 Å². The summed E-state index contributed by atoms with van der Waals surface area (Å²) in [4.78, 5) is 16.5. The van der Waals surface area contributed by atoms with Crippen molar-refractivity contribution >= 4 is 33.0 Å². The van der Waals surface area contributed by atoms with Crippen molar-refractivity contribution in [1.82, 2.24) is 4.90 Å². The van der Waals surface area contributed by atoms with Gasteiger partial charge in [0.25, 0.3) is 0 Å². The van der Waals surface area contributed by atoms with Crippen molar-refractivity contribution in [1.29, 1.82) is 0 Å². The summed E-state index contributed by atoms with van der Waals surface area (Å²) in [6, 6.07) is 12.5. The Bertz CT molecular complexity index is 997. The lowest BCUT2D eigenvalue weighted by Crippen LogP contribution is -2.62. The third-order valence-corrected chi connectivity index (χ3v) is 7.32. The van der Waals surface area contributed by atoms with Gasteiger partial charge >= 0.3 is 0 Å². The van der Waals surface area contributed by atoms with Crippen LogP contribution in [0, 0.1) is 5.82 Å². The SMILES string of the molecule is O=C1CN(CCc2ccc(F)cc2)[C@@H]2CS(=O)(=O)C[C@H]2N1c1cccc(Cl)c1. The highest BCUT2D eigenvalue weighted by Crippen LogP contribution is 2.32. The summed E-state index contributed by atoms with van der Waals surface area (Å²) in [7, 11) is -3.24. The minimum atomic E-state index is -3.24. The second-order valence-electron chi connectivity index (χ2n) is 7.30. The van der Waals surface area contributed by atoms with E-state index in [9.17, 15) is 17.6 Å². The summed E-state index contributed by atoms with van der Waals surface area (Å²) in [6.07, 6.45) is 0.619. The molecule has 2 aromatic rings. The van der Waals surface area contributed by atoms with E-state index in [0.717, 1.165) is 5.56 Å². The number of hydrogen-bond donors (Lipinski definition) is 0. The van der Waals surface area contributed by atoms with Crippen molar-refractivity contribution in [2.45, 2.75) is 18.5 Å². The van der Waals surface area contributed by atoms with Crippen LogP contribution in [-0.4, -0.2) is 55.9 Å². The molecule has 2 aromatic carbocycles. The highest BCUT2D eigenvalue weighted by atomic mass is 35.5. The number of rotatable bonds is 4. The molecule has 2 heterocycles. The Morgan fingerprint density at radius 3 is 2.50 bits per heavy atom. The Morgan fingerprint density at radius 2 is 1.79 bits per heavy atom. The van der Waals surface area contributed by atoms with Gasteiger partial charge in [-0.1, -0.05) is 29.8 Å². The zero-order chi connectivity index (χ0) is 19.9. The van der Waals surface area contributed by atoms with E-state index in [1.807, 2.05) is 4.90 Å². The van der Waals surface area contributed by atoms with Gasteiger partial charge in [-0.25, -0.2) is 12.8 Å². The van der Waals surface area contributed by atoms with Gasteiger partial charge < -0.3 is 4.90 Å². The molecule has 0 bridgehead atoms. The van der Waals surface area contributed by atoms with Crippen molar-refractivity contribution in [3.8, 4) is 0 Å². The van der Waals surface area contributed by atoms with Gasteiger partial charge in [-0.3, -0.25) is 9.69 Å². The topological polar surface area (TPSA) is 57.7 Å². The maximum absolute atomic E-state index is 13.1. The second-order valence-corrected chi connectivity index (χ2v) is 9.89. The molecule has 4 rings (SSSR count). The quantitative estimate of drug-likeness (QED) is 0.759. The lowest BCUT2D eigenvalue weighted by molar-refractivity contribution is -0.123. The number of hydrogen-bond acceptors (Lipinski definition) is 4. The molecule has 0 N–H and O–H groups in total. The molecule has 2 aliphatic heterocycles. The number of piperazine rings is 1.